The van der Waals surface area contributed by atoms with Crippen molar-refractivity contribution in [3.05, 3.63) is 46.2 Å². The van der Waals surface area contributed by atoms with E-state index in [4.69, 9.17) is 16.7 Å². The highest BCUT2D eigenvalue weighted by atomic mass is 35.5. The molecule has 0 aliphatic carbocycles. The van der Waals surface area contributed by atoms with Crippen LogP contribution < -0.4 is 0 Å². The van der Waals surface area contributed by atoms with Crippen LogP contribution in [0.5, 0.6) is 0 Å². The van der Waals surface area contributed by atoms with E-state index in [-0.39, 0.29) is 16.4 Å². The van der Waals surface area contributed by atoms with Gasteiger partial charge in [-0.3, -0.25) is 0 Å². The minimum Gasteiger partial charge on any atom is -0.391 e. The molecule has 21 heavy (non-hydrogen) atoms. The normalized spacial score (nSPS) is 12.2. The first kappa shape index (κ1) is 15.7. The lowest BCUT2D eigenvalue weighted by atomic mass is 10.2. The van der Waals surface area contributed by atoms with Gasteiger partial charge in [0.15, 0.2) is 0 Å². The van der Waals surface area contributed by atoms with Crippen molar-refractivity contribution in [3.8, 4) is 5.69 Å². The van der Waals surface area contributed by atoms with Gasteiger partial charge < -0.3 is 5.11 Å². The Kier molecular flexibility index (Phi) is 4.20. The van der Waals surface area contributed by atoms with Gasteiger partial charge in [0, 0.05) is 5.56 Å². The fourth-order valence-electron chi connectivity index (χ4n) is 1.73. The minimum atomic E-state index is -4.50. The number of hydrogen-bond acceptors (Lipinski definition) is 2. The molecule has 3 nitrogen and oxygen atoms in total. The SMILES string of the molecule is OCc1c(C(F)F)nn(-c2ccc(C(F)(F)F)cc2)c1Cl. The van der Waals surface area contributed by atoms with Crippen molar-refractivity contribution in [1.82, 2.24) is 9.78 Å². The molecule has 0 unspecified atom stereocenters. The van der Waals surface area contributed by atoms with Crippen LogP contribution in [0, 0.1) is 0 Å². The lowest BCUT2D eigenvalue weighted by Gasteiger charge is -2.08. The van der Waals surface area contributed by atoms with Crippen molar-refractivity contribution in [2.24, 2.45) is 0 Å². The molecule has 1 heterocycles. The smallest absolute Gasteiger partial charge is 0.391 e. The summed E-state index contributed by atoms with van der Waals surface area (Å²) in [7, 11) is 0. The lowest BCUT2D eigenvalue weighted by molar-refractivity contribution is -0.137. The molecular formula is C12H8ClF5N2O. The number of nitrogens with zero attached hydrogens (tertiary/aromatic N) is 2. The summed E-state index contributed by atoms with van der Waals surface area (Å²) in [6.45, 7) is -0.751. The summed E-state index contributed by atoms with van der Waals surface area (Å²) in [4.78, 5) is 0. The fraction of sp³-hybridized carbons (Fsp3) is 0.250. The molecule has 1 aromatic heterocycles. The Bertz CT molecular complexity index is 636. The van der Waals surface area contributed by atoms with Crippen LogP contribution in [0.3, 0.4) is 0 Å². The molecule has 0 saturated heterocycles. The number of halogens is 6. The number of aromatic nitrogens is 2. The molecule has 9 heteroatoms. The lowest BCUT2D eigenvalue weighted by Crippen LogP contribution is -2.05. The van der Waals surface area contributed by atoms with Crippen molar-refractivity contribution in [1.29, 1.82) is 0 Å². The molecule has 0 saturated carbocycles. The summed E-state index contributed by atoms with van der Waals surface area (Å²) in [5.74, 6) is 0. The Morgan fingerprint density at radius 2 is 1.76 bits per heavy atom. The number of alkyl halides is 5. The summed E-state index contributed by atoms with van der Waals surface area (Å²) >= 11 is 5.82. The van der Waals surface area contributed by atoms with Crippen molar-refractivity contribution in [2.75, 3.05) is 0 Å². The number of rotatable bonds is 3. The van der Waals surface area contributed by atoms with E-state index in [2.05, 4.69) is 5.10 Å². The summed E-state index contributed by atoms with van der Waals surface area (Å²) < 4.78 is 63.7. The van der Waals surface area contributed by atoms with Gasteiger partial charge >= 0.3 is 6.18 Å². The van der Waals surface area contributed by atoms with Crippen LogP contribution in [0.2, 0.25) is 5.15 Å². The highest BCUT2D eigenvalue weighted by Crippen LogP contribution is 2.32. The molecule has 0 radical (unpaired) electrons. The predicted molar refractivity (Wildman–Crippen MR) is 64.5 cm³/mol. The van der Waals surface area contributed by atoms with Crippen molar-refractivity contribution >= 4 is 11.6 Å². The molecule has 0 atom stereocenters. The van der Waals surface area contributed by atoms with Crippen molar-refractivity contribution < 1.29 is 27.1 Å². The Balaban J connectivity index is 2.47. The summed E-state index contributed by atoms with van der Waals surface area (Å²) in [5.41, 5.74) is -1.77. The van der Waals surface area contributed by atoms with Gasteiger partial charge in [0.05, 0.1) is 17.9 Å². The van der Waals surface area contributed by atoms with Gasteiger partial charge in [0.1, 0.15) is 10.8 Å². The highest BCUT2D eigenvalue weighted by Gasteiger charge is 2.30. The molecule has 0 amide bonds. The zero-order valence-electron chi connectivity index (χ0n) is 10.2. The molecule has 2 aromatic rings. The van der Waals surface area contributed by atoms with Crippen molar-refractivity contribution in [2.45, 2.75) is 19.2 Å². The highest BCUT2D eigenvalue weighted by molar-refractivity contribution is 6.30. The largest absolute Gasteiger partial charge is 0.416 e. The maximum absolute atomic E-state index is 12.7. The Hall–Kier alpha value is -1.67. The van der Waals surface area contributed by atoms with Crippen LogP contribution in [-0.4, -0.2) is 14.9 Å². The molecule has 0 spiro atoms. The number of aliphatic hydroxyl groups excluding tert-OH is 1. The zero-order chi connectivity index (χ0) is 15.8. The standard InChI is InChI=1S/C12H8ClF5N2O/c13-10-8(5-21)9(11(14)15)19-20(10)7-3-1-6(2-4-7)12(16,17)18/h1-4,11,21H,5H2. The number of benzene rings is 1. The quantitative estimate of drug-likeness (QED) is 0.867. The van der Waals surface area contributed by atoms with E-state index in [1.807, 2.05) is 0 Å². The average molecular weight is 327 g/mol. The third kappa shape index (κ3) is 3.01. The predicted octanol–water partition coefficient (Wildman–Crippen LogP) is 3.97. The second-order valence-electron chi connectivity index (χ2n) is 4.07. The van der Waals surface area contributed by atoms with Gasteiger partial charge in [0.25, 0.3) is 6.43 Å². The van der Waals surface area contributed by atoms with Gasteiger partial charge in [-0.15, -0.1) is 0 Å². The summed E-state index contributed by atoms with van der Waals surface area (Å²) in [6, 6.07) is 3.68. The van der Waals surface area contributed by atoms with E-state index in [0.29, 0.717) is 0 Å². The maximum Gasteiger partial charge on any atom is 0.416 e. The summed E-state index contributed by atoms with van der Waals surface area (Å²) in [5, 5.41) is 12.3. The molecule has 0 aliphatic rings. The first-order valence-electron chi connectivity index (χ1n) is 5.59. The van der Waals surface area contributed by atoms with E-state index in [1.54, 1.807) is 0 Å². The Morgan fingerprint density at radius 1 is 1.19 bits per heavy atom. The van der Waals surface area contributed by atoms with Crippen LogP contribution in [0.25, 0.3) is 5.69 Å². The van der Waals surface area contributed by atoms with Crippen LogP contribution in [0.15, 0.2) is 24.3 Å². The number of hydrogen-bond donors (Lipinski definition) is 1. The van der Waals surface area contributed by atoms with Gasteiger partial charge in [-0.2, -0.15) is 18.3 Å². The third-order valence-corrected chi connectivity index (χ3v) is 3.14. The molecule has 0 fully saturated rings. The van der Waals surface area contributed by atoms with Crippen LogP contribution >= 0.6 is 11.6 Å². The topological polar surface area (TPSA) is 38.1 Å². The number of aliphatic hydroxyl groups is 1. The van der Waals surface area contributed by atoms with Crippen LogP contribution in [-0.2, 0) is 12.8 Å². The molecular weight excluding hydrogens is 319 g/mol. The summed E-state index contributed by atoms with van der Waals surface area (Å²) in [6.07, 6.45) is -7.46. The Labute approximate surface area is 120 Å². The van der Waals surface area contributed by atoms with Gasteiger partial charge in [0.2, 0.25) is 0 Å². The second kappa shape index (κ2) is 5.61. The second-order valence-corrected chi connectivity index (χ2v) is 4.43. The van der Waals surface area contributed by atoms with Gasteiger partial charge in [-0.25, -0.2) is 13.5 Å². The molecule has 114 valence electrons. The van der Waals surface area contributed by atoms with Gasteiger partial charge in [-0.1, -0.05) is 11.6 Å². The van der Waals surface area contributed by atoms with Gasteiger partial charge in [-0.05, 0) is 24.3 Å². The molecule has 0 bridgehead atoms. The first-order chi connectivity index (χ1) is 9.75. The zero-order valence-corrected chi connectivity index (χ0v) is 11.0. The average Bonchev–Trinajstić information content (AvgIpc) is 2.75. The Morgan fingerprint density at radius 3 is 2.14 bits per heavy atom. The monoisotopic (exact) mass is 326 g/mol. The fourth-order valence-corrected chi connectivity index (χ4v) is 2.02. The molecule has 1 N–H and O–H groups in total. The van der Waals surface area contributed by atoms with Crippen LogP contribution in [0.1, 0.15) is 23.2 Å². The van der Waals surface area contributed by atoms with E-state index < -0.39 is 30.5 Å². The molecule has 2 rings (SSSR count). The van der Waals surface area contributed by atoms with E-state index >= 15 is 0 Å². The van der Waals surface area contributed by atoms with Crippen LogP contribution in [0.4, 0.5) is 22.0 Å². The maximum atomic E-state index is 12.7. The van der Waals surface area contributed by atoms with E-state index in [9.17, 15) is 22.0 Å². The first-order valence-corrected chi connectivity index (χ1v) is 5.97. The minimum absolute atomic E-state index is 0.0783. The van der Waals surface area contributed by atoms with E-state index in [0.717, 1.165) is 28.9 Å². The molecule has 1 aromatic carbocycles. The van der Waals surface area contributed by atoms with E-state index in [1.165, 1.54) is 0 Å². The van der Waals surface area contributed by atoms with Crippen molar-refractivity contribution in [3.63, 3.8) is 0 Å². The third-order valence-electron chi connectivity index (χ3n) is 2.76. The molecule has 0 aliphatic heterocycles.